The number of likely N-dealkylation sites (tertiary alicyclic amines) is 1. The lowest BCUT2D eigenvalue weighted by Gasteiger charge is -2.34. The zero-order valence-electron chi connectivity index (χ0n) is 15.9. The third-order valence-electron chi connectivity index (χ3n) is 5.61. The van der Waals surface area contributed by atoms with Gasteiger partial charge in [-0.1, -0.05) is 24.3 Å². The SMILES string of the molecule is O=C(CN1C(=O)COc2ccccc21)N1CCC(c2nc3ccccc3o2)CC1. The second kappa shape index (κ2) is 7.24. The van der Waals surface area contributed by atoms with Crippen LogP contribution in [0.1, 0.15) is 24.7 Å². The molecule has 0 radical (unpaired) electrons. The molecular formula is C22H21N3O4. The monoisotopic (exact) mass is 391 g/mol. The zero-order valence-corrected chi connectivity index (χ0v) is 15.9. The van der Waals surface area contributed by atoms with Gasteiger partial charge in [-0.3, -0.25) is 14.5 Å². The van der Waals surface area contributed by atoms with Crippen molar-refractivity contribution in [3.8, 4) is 5.75 Å². The summed E-state index contributed by atoms with van der Waals surface area (Å²) < 4.78 is 11.3. The van der Waals surface area contributed by atoms with Gasteiger partial charge in [0.05, 0.1) is 5.69 Å². The molecule has 2 aliphatic rings. The van der Waals surface area contributed by atoms with Crippen molar-refractivity contribution >= 4 is 28.6 Å². The minimum atomic E-state index is -0.196. The van der Waals surface area contributed by atoms with Crippen LogP contribution in [0.15, 0.2) is 52.9 Å². The Kier molecular flexibility index (Phi) is 4.42. The molecule has 0 N–H and O–H groups in total. The van der Waals surface area contributed by atoms with Crippen molar-refractivity contribution < 1.29 is 18.7 Å². The number of para-hydroxylation sites is 4. The fourth-order valence-electron chi connectivity index (χ4n) is 4.00. The minimum absolute atomic E-state index is 0.0345. The van der Waals surface area contributed by atoms with Crippen molar-refractivity contribution in [2.75, 3.05) is 31.1 Å². The van der Waals surface area contributed by atoms with Crippen molar-refractivity contribution in [2.24, 2.45) is 0 Å². The first kappa shape index (κ1) is 17.7. The van der Waals surface area contributed by atoms with Gasteiger partial charge in [-0.05, 0) is 37.1 Å². The van der Waals surface area contributed by atoms with Gasteiger partial charge in [0.2, 0.25) is 5.91 Å². The fraction of sp³-hybridized carbons (Fsp3) is 0.318. The number of carbonyl (C=O) groups excluding carboxylic acids is 2. The van der Waals surface area contributed by atoms with E-state index in [1.165, 1.54) is 4.90 Å². The van der Waals surface area contributed by atoms with E-state index in [0.29, 0.717) is 24.5 Å². The van der Waals surface area contributed by atoms with Crippen molar-refractivity contribution in [1.82, 2.24) is 9.88 Å². The lowest BCUT2D eigenvalue weighted by molar-refractivity contribution is -0.132. The molecule has 1 aromatic heterocycles. The molecule has 5 rings (SSSR count). The molecule has 0 bridgehead atoms. The minimum Gasteiger partial charge on any atom is -0.482 e. The smallest absolute Gasteiger partial charge is 0.265 e. The van der Waals surface area contributed by atoms with Crippen LogP contribution < -0.4 is 9.64 Å². The Hall–Kier alpha value is -3.35. The topological polar surface area (TPSA) is 75.9 Å². The van der Waals surface area contributed by atoms with Crippen LogP contribution in [-0.2, 0) is 9.59 Å². The largest absolute Gasteiger partial charge is 0.482 e. The number of benzene rings is 2. The average molecular weight is 391 g/mol. The summed E-state index contributed by atoms with van der Waals surface area (Å²) in [7, 11) is 0. The highest BCUT2D eigenvalue weighted by Crippen LogP contribution is 2.32. The van der Waals surface area contributed by atoms with Gasteiger partial charge < -0.3 is 14.1 Å². The predicted molar refractivity (Wildman–Crippen MR) is 107 cm³/mol. The molecule has 148 valence electrons. The Bertz CT molecular complexity index is 1040. The van der Waals surface area contributed by atoms with Crippen LogP contribution in [0.2, 0.25) is 0 Å². The summed E-state index contributed by atoms with van der Waals surface area (Å²) in [6.07, 6.45) is 1.60. The van der Waals surface area contributed by atoms with Crippen molar-refractivity contribution in [3.63, 3.8) is 0 Å². The third kappa shape index (κ3) is 3.33. The Labute approximate surface area is 167 Å². The van der Waals surface area contributed by atoms with Gasteiger partial charge in [0.25, 0.3) is 5.91 Å². The Morgan fingerprint density at radius 1 is 1.07 bits per heavy atom. The molecule has 3 heterocycles. The van der Waals surface area contributed by atoms with Crippen LogP contribution in [0.3, 0.4) is 0 Å². The third-order valence-corrected chi connectivity index (χ3v) is 5.61. The number of piperidine rings is 1. The van der Waals surface area contributed by atoms with Gasteiger partial charge in [-0.15, -0.1) is 0 Å². The summed E-state index contributed by atoms with van der Waals surface area (Å²) in [4.78, 5) is 33.1. The number of nitrogens with zero attached hydrogens (tertiary/aromatic N) is 3. The molecule has 7 heteroatoms. The molecule has 0 unspecified atom stereocenters. The van der Waals surface area contributed by atoms with Crippen molar-refractivity contribution in [2.45, 2.75) is 18.8 Å². The number of carbonyl (C=O) groups is 2. The van der Waals surface area contributed by atoms with Gasteiger partial charge in [0, 0.05) is 19.0 Å². The number of anilines is 1. The number of aromatic nitrogens is 1. The van der Waals surface area contributed by atoms with E-state index in [0.717, 1.165) is 29.8 Å². The maximum absolute atomic E-state index is 12.9. The summed E-state index contributed by atoms with van der Waals surface area (Å²) in [6, 6.07) is 15.0. The zero-order chi connectivity index (χ0) is 19.8. The molecule has 0 aliphatic carbocycles. The predicted octanol–water partition coefficient (Wildman–Crippen LogP) is 2.96. The highest BCUT2D eigenvalue weighted by atomic mass is 16.5. The van der Waals surface area contributed by atoms with Crippen LogP contribution in [-0.4, -0.2) is 47.9 Å². The Morgan fingerprint density at radius 3 is 2.66 bits per heavy atom. The fourth-order valence-corrected chi connectivity index (χ4v) is 4.00. The van der Waals surface area contributed by atoms with Crippen LogP contribution in [0, 0.1) is 0 Å². The highest BCUT2D eigenvalue weighted by Gasteiger charge is 2.31. The van der Waals surface area contributed by atoms with Gasteiger partial charge in [0.15, 0.2) is 18.1 Å². The first-order valence-electron chi connectivity index (χ1n) is 9.84. The quantitative estimate of drug-likeness (QED) is 0.686. The molecule has 2 amide bonds. The van der Waals surface area contributed by atoms with E-state index >= 15 is 0 Å². The average Bonchev–Trinajstić information content (AvgIpc) is 3.20. The Morgan fingerprint density at radius 2 is 1.83 bits per heavy atom. The van der Waals surface area contributed by atoms with Gasteiger partial charge in [-0.25, -0.2) is 4.98 Å². The van der Waals surface area contributed by atoms with Crippen LogP contribution in [0.25, 0.3) is 11.1 Å². The number of amides is 2. The van der Waals surface area contributed by atoms with E-state index < -0.39 is 0 Å². The van der Waals surface area contributed by atoms with Crippen molar-refractivity contribution in [3.05, 3.63) is 54.4 Å². The first-order chi connectivity index (χ1) is 14.2. The van der Waals surface area contributed by atoms with Gasteiger partial charge in [-0.2, -0.15) is 0 Å². The maximum atomic E-state index is 12.9. The number of fused-ring (bicyclic) bond motifs is 2. The van der Waals surface area contributed by atoms with Crippen molar-refractivity contribution in [1.29, 1.82) is 0 Å². The van der Waals surface area contributed by atoms with Crippen LogP contribution >= 0.6 is 0 Å². The molecule has 7 nitrogen and oxygen atoms in total. The molecule has 3 aromatic rings. The lowest BCUT2D eigenvalue weighted by Crippen LogP contribution is -2.48. The number of hydrogen-bond donors (Lipinski definition) is 0. The summed E-state index contributed by atoms with van der Waals surface area (Å²) in [5.74, 6) is 1.34. The first-order valence-corrected chi connectivity index (χ1v) is 9.84. The van der Waals surface area contributed by atoms with E-state index in [2.05, 4.69) is 4.98 Å². The molecule has 1 fully saturated rings. The standard InChI is InChI=1S/C22H21N3O4/c26-20(13-25-17-6-2-4-8-19(17)28-14-21(25)27)24-11-9-15(10-12-24)22-23-16-5-1-3-7-18(16)29-22/h1-8,15H,9-14H2. The maximum Gasteiger partial charge on any atom is 0.265 e. The second-order valence-corrected chi connectivity index (χ2v) is 7.41. The summed E-state index contributed by atoms with van der Waals surface area (Å²) in [5, 5.41) is 0. The van der Waals surface area contributed by atoms with Gasteiger partial charge in [0.1, 0.15) is 17.8 Å². The molecule has 0 atom stereocenters. The molecule has 0 saturated carbocycles. The molecule has 1 saturated heterocycles. The Balaban J connectivity index is 1.24. The van der Waals surface area contributed by atoms with E-state index in [9.17, 15) is 9.59 Å². The number of oxazole rings is 1. The lowest BCUT2D eigenvalue weighted by atomic mass is 9.96. The molecule has 2 aromatic carbocycles. The number of rotatable bonds is 3. The van der Waals surface area contributed by atoms with E-state index in [1.807, 2.05) is 47.4 Å². The number of ether oxygens (including phenoxy) is 1. The summed E-state index contributed by atoms with van der Waals surface area (Å²) in [6.45, 7) is 1.25. The van der Waals surface area contributed by atoms with Crippen LogP contribution in [0.4, 0.5) is 5.69 Å². The van der Waals surface area contributed by atoms with Gasteiger partial charge >= 0.3 is 0 Å². The highest BCUT2D eigenvalue weighted by molar-refractivity contribution is 6.02. The second-order valence-electron chi connectivity index (χ2n) is 7.41. The van der Waals surface area contributed by atoms with E-state index in [1.54, 1.807) is 6.07 Å². The molecular weight excluding hydrogens is 370 g/mol. The molecule has 29 heavy (non-hydrogen) atoms. The van der Waals surface area contributed by atoms with Crippen LogP contribution in [0.5, 0.6) is 5.75 Å². The molecule has 0 spiro atoms. The summed E-state index contributed by atoms with van der Waals surface area (Å²) in [5.41, 5.74) is 2.31. The van der Waals surface area contributed by atoms with E-state index in [4.69, 9.17) is 9.15 Å². The van der Waals surface area contributed by atoms with E-state index in [-0.39, 0.29) is 30.9 Å². The summed E-state index contributed by atoms with van der Waals surface area (Å²) >= 11 is 0. The molecule has 2 aliphatic heterocycles. The number of hydrogen-bond acceptors (Lipinski definition) is 5. The normalized spacial score (nSPS) is 17.3.